The quantitative estimate of drug-likeness (QED) is 0.449. The van der Waals surface area contributed by atoms with E-state index in [9.17, 15) is 4.21 Å². The van der Waals surface area contributed by atoms with E-state index in [0.29, 0.717) is 11.3 Å². The molecule has 1 saturated carbocycles. The van der Waals surface area contributed by atoms with Gasteiger partial charge in [0.05, 0.1) is 0 Å². The average Bonchev–Trinajstić information content (AvgIpc) is 2.91. The predicted molar refractivity (Wildman–Crippen MR) is 60.4 cm³/mol. The molecule has 2 aliphatic rings. The minimum absolute atomic E-state index is 0.422. The molecule has 0 bridgehead atoms. The summed E-state index contributed by atoms with van der Waals surface area (Å²) in [6.45, 7) is 1.84. The third-order valence-corrected chi connectivity index (χ3v) is 6.00. The average molecular weight is 219 g/mol. The van der Waals surface area contributed by atoms with E-state index in [1.54, 1.807) is 0 Å². The Labute approximate surface area is 86.7 Å². The summed E-state index contributed by atoms with van der Waals surface area (Å²) in [6.07, 6.45) is 6.26. The number of thiol groups is 1. The zero-order valence-corrected chi connectivity index (χ0v) is 9.67. The lowest BCUT2D eigenvalue weighted by Crippen LogP contribution is -2.49. The third-order valence-electron chi connectivity index (χ3n) is 3.21. The van der Waals surface area contributed by atoms with Crippen molar-refractivity contribution in [3.05, 3.63) is 0 Å². The highest BCUT2D eigenvalue weighted by Gasteiger charge is 2.34. The fourth-order valence-corrected chi connectivity index (χ4v) is 4.39. The van der Waals surface area contributed by atoms with Gasteiger partial charge in [0.2, 0.25) is 0 Å². The molecule has 0 unspecified atom stereocenters. The number of nitrogens with one attached hydrogen (secondary N) is 1. The molecular formula is C9H21N3OS. The number of nitrogens with zero attached hydrogens (tertiary/aromatic N) is 1. The van der Waals surface area contributed by atoms with Crippen LogP contribution in [0.2, 0.25) is 0 Å². The summed E-state index contributed by atoms with van der Waals surface area (Å²) in [7, 11) is -2.05. The van der Waals surface area contributed by atoms with Crippen molar-refractivity contribution in [3.8, 4) is 0 Å². The minimum Gasteiger partial charge on any atom is -0.271 e. The van der Waals surface area contributed by atoms with Crippen molar-refractivity contribution in [2.45, 2.75) is 37.0 Å². The van der Waals surface area contributed by atoms with Crippen LogP contribution in [0.5, 0.6) is 0 Å². The van der Waals surface area contributed by atoms with Crippen LogP contribution in [0.25, 0.3) is 0 Å². The highest BCUT2D eigenvalue weighted by atomic mass is 32.3. The van der Waals surface area contributed by atoms with Gasteiger partial charge in [-0.3, -0.25) is 14.8 Å². The molecule has 0 aromatic heterocycles. The van der Waals surface area contributed by atoms with Crippen LogP contribution in [0.15, 0.2) is 0 Å². The number of nitrogens with two attached hydrogens (primary N) is 1. The smallest absolute Gasteiger partial charge is 0.0240 e. The molecule has 1 aliphatic heterocycles. The first-order valence-corrected chi connectivity index (χ1v) is 7.65. The van der Waals surface area contributed by atoms with Gasteiger partial charge in [0.1, 0.15) is 0 Å². The Balaban J connectivity index is 1.82. The van der Waals surface area contributed by atoms with Gasteiger partial charge in [-0.15, -0.1) is 0 Å². The van der Waals surface area contributed by atoms with Gasteiger partial charge in [-0.1, -0.05) is 10.1 Å². The van der Waals surface area contributed by atoms with Crippen molar-refractivity contribution in [1.29, 1.82) is 0 Å². The Kier molecular flexibility index (Phi) is 2.93. The lowest BCUT2D eigenvalue weighted by molar-refractivity contribution is 0.212. The van der Waals surface area contributed by atoms with Crippen molar-refractivity contribution < 1.29 is 4.21 Å². The molecule has 1 saturated heterocycles. The van der Waals surface area contributed by atoms with E-state index in [1.807, 2.05) is 11.3 Å². The molecule has 1 heterocycles. The maximum Gasteiger partial charge on any atom is 0.0240 e. The van der Waals surface area contributed by atoms with Crippen LogP contribution in [-0.4, -0.2) is 39.9 Å². The second-order valence-corrected chi connectivity index (χ2v) is 7.63. The molecule has 5 heteroatoms. The summed E-state index contributed by atoms with van der Waals surface area (Å²) in [4.78, 5) is 0. The second kappa shape index (κ2) is 3.89. The Bertz CT molecular complexity index is 246. The minimum atomic E-state index is -2.05. The molecule has 3 N–H and O–H groups in total. The van der Waals surface area contributed by atoms with Crippen molar-refractivity contribution in [3.63, 3.8) is 0 Å². The molecule has 0 spiro atoms. The molecule has 4 nitrogen and oxygen atoms in total. The summed E-state index contributed by atoms with van der Waals surface area (Å²) in [5.74, 6) is 5.67. The highest BCUT2D eigenvalue weighted by Crippen LogP contribution is 2.31. The first-order valence-electron chi connectivity index (χ1n) is 5.42. The molecule has 0 aromatic rings. The van der Waals surface area contributed by atoms with Crippen molar-refractivity contribution in [2.75, 3.05) is 19.3 Å². The molecular weight excluding hydrogens is 198 g/mol. The monoisotopic (exact) mass is 219 g/mol. The first kappa shape index (κ1) is 10.5. The first-order chi connectivity index (χ1) is 6.58. The van der Waals surface area contributed by atoms with E-state index >= 15 is 0 Å². The molecule has 0 amide bonds. The Hall–Kier alpha value is 0.0300. The van der Waals surface area contributed by atoms with E-state index in [4.69, 9.17) is 5.84 Å². The third kappa shape index (κ3) is 2.53. The van der Waals surface area contributed by atoms with Crippen molar-refractivity contribution >= 4 is 10.1 Å². The van der Waals surface area contributed by atoms with Gasteiger partial charge in [0, 0.05) is 30.6 Å². The molecule has 2 rings (SSSR count). The van der Waals surface area contributed by atoms with Crippen LogP contribution < -0.4 is 10.6 Å². The second-order valence-electron chi connectivity index (χ2n) is 4.66. The zero-order valence-electron chi connectivity index (χ0n) is 8.78. The van der Waals surface area contributed by atoms with Crippen molar-refractivity contribution in [2.24, 2.45) is 5.84 Å². The maximum absolute atomic E-state index is 12.2. The van der Waals surface area contributed by atoms with Crippen LogP contribution in [0, 0.1) is 0 Å². The van der Waals surface area contributed by atoms with Gasteiger partial charge in [-0.05, 0) is 25.7 Å². The van der Waals surface area contributed by atoms with E-state index in [-0.39, 0.29) is 0 Å². The van der Waals surface area contributed by atoms with Crippen LogP contribution in [0.3, 0.4) is 0 Å². The lowest BCUT2D eigenvalue weighted by atomic mass is 10.1. The van der Waals surface area contributed by atoms with E-state index in [2.05, 4.69) is 4.72 Å². The fraction of sp³-hybridized carbons (Fsp3) is 1.00. The van der Waals surface area contributed by atoms with E-state index < -0.39 is 10.1 Å². The molecule has 0 aromatic carbocycles. The van der Waals surface area contributed by atoms with E-state index in [0.717, 1.165) is 38.8 Å². The van der Waals surface area contributed by atoms with Gasteiger partial charge in [0.15, 0.2) is 0 Å². The highest BCUT2D eigenvalue weighted by molar-refractivity contribution is 8.01. The molecule has 14 heavy (non-hydrogen) atoms. The number of hydrazine groups is 1. The Morgan fingerprint density at radius 1 is 1.29 bits per heavy atom. The summed E-state index contributed by atoms with van der Waals surface area (Å²) >= 11 is 0. The molecule has 0 radical (unpaired) electrons. The van der Waals surface area contributed by atoms with Gasteiger partial charge >= 0.3 is 0 Å². The fourth-order valence-electron chi connectivity index (χ4n) is 2.06. The van der Waals surface area contributed by atoms with E-state index in [1.165, 1.54) is 0 Å². The topological polar surface area (TPSA) is 58.4 Å². The standard InChI is InChI=1S/C9H21N3OS/c1-14(13,9-2-3-9)11-8-4-6-12(10)7-5-8/h8-9,14H,2-7,10H2,1H3,(H,11,13). The number of hydrogen-bond donors (Lipinski definition) is 3. The largest absolute Gasteiger partial charge is 0.271 e. The number of hydrogen-bond acceptors (Lipinski definition) is 3. The molecule has 2 fully saturated rings. The van der Waals surface area contributed by atoms with Gasteiger partial charge < -0.3 is 0 Å². The maximum atomic E-state index is 12.2. The van der Waals surface area contributed by atoms with Gasteiger partial charge in [-0.25, -0.2) is 5.01 Å². The summed E-state index contributed by atoms with van der Waals surface area (Å²) in [6, 6.07) is 0.422. The van der Waals surface area contributed by atoms with Crippen LogP contribution in [0.4, 0.5) is 0 Å². The lowest BCUT2D eigenvalue weighted by Gasteiger charge is -2.33. The van der Waals surface area contributed by atoms with Crippen LogP contribution in [-0.2, 0) is 10.1 Å². The normalized spacial score (nSPS) is 27.9. The molecule has 1 aliphatic carbocycles. The summed E-state index contributed by atoms with van der Waals surface area (Å²) in [5.41, 5.74) is 0. The molecule has 84 valence electrons. The zero-order chi connectivity index (χ0) is 10.2. The summed E-state index contributed by atoms with van der Waals surface area (Å²) < 4.78 is 15.5. The van der Waals surface area contributed by atoms with Gasteiger partial charge in [0.25, 0.3) is 0 Å². The SMILES string of the molecule is C[SH](=O)(NC1CCN(N)CC1)C1CC1. The predicted octanol–water partition coefficient (Wildman–Crippen LogP) is -0.362. The Morgan fingerprint density at radius 3 is 2.36 bits per heavy atom. The Morgan fingerprint density at radius 2 is 1.86 bits per heavy atom. The summed E-state index contributed by atoms with van der Waals surface area (Å²) in [5, 5.41) is 2.31. The van der Waals surface area contributed by atoms with Crippen LogP contribution in [0.1, 0.15) is 25.7 Å². The van der Waals surface area contributed by atoms with Gasteiger partial charge in [-0.2, -0.15) is 0 Å². The molecule has 0 atom stereocenters. The van der Waals surface area contributed by atoms with Crippen LogP contribution >= 0.6 is 0 Å². The number of rotatable bonds is 3. The van der Waals surface area contributed by atoms with Crippen molar-refractivity contribution in [1.82, 2.24) is 9.73 Å². The number of piperidine rings is 1.